The van der Waals surface area contributed by atoms with Gasteiger partial charge in [0.05, 0.1) is 11.6 Å². The Bertz CT molecular complexity index is 1070. The number of nitrogens with one attached hydrogen (secondary N) is 1. The van der Waals surface area contributed by atoms with Crippen molar-refractivity contribution in [1.82, 2.24) is 20.4 Å². The van der Waals surface area contributed by atoms with E-state index in [1.807, 2.05) is 30.3 Å². The lowest BCUT2D eigenvalue weighted by Gasteiger charge is -2.37. The summed E-state index contributed by atoms with van der Waals surface area (Å²) in [7, 11) is 0. The SMILES string of the molecule is CCCCN1C(=S)NC(c2ccccc2)C(c2nc(-c3cccc(C)c3)no2)=C1C. The summed E-state index contributed by atoms with van der Waals surface area (Å²) < 4.78 is 5.78. The summed E-state index contributed by atoms with van der Waals surface area (Å²) in [6.45, 7) is 7.18. The van der Waals surface area contributed by atoms with Gasteiger partial charge in [-0.2, -0.15) is 4.98 Å². The monoisotopic (exact) mass is 418 g/mol. The van der Waals surface area contributed by atoms with E-state index in [2.05, 4.69) is 60.4 Å². The summed E-state index contributed by atoms with van der Waals surface area (Å²) in [5.74, 6) is 1.11. The second-order valence-electron chi connectivity index (χ2n) is 7.59. The number of hydrogen-bond donors (Lipinski definition) is 1. The molecular formula is C24H26N4OS. The largest absolute Gasteiger partial charge is 0.351 e. The Labute approximate surface area is 182 Å². The van der Waals surface area contributed by atoms with E-state index in [0.29, 0.717) is 11.7 Å². The molecule has 2 aromatic carbocycles. The molecule has 0 radical (unpaired) electrons. The van der Waals surface area contributed by atoms with E-state index in [0.717, 1.165) is 52.5 Å². The van der Waals surface area contributed by atoms with Crippen molar-refractivity contribution in [2.24, 2.45) is 0 Å². The fourth-order valence-electron chi connectivity index (χ4n) is 3.77. The first-order valence-corrected chi connectivity index (χ1v) is 10.7. The Morgan fingerprint density at radius 2 is 1.90 bits per heavy atom. The highest BCUT2D eigenvalue weighted by molar-refractivity contribution is 7.80. The Morgan fingerprint density at radius 1 is 1.10 bits per heavy atom. The van der Waals surface area contributed by atoms with Crippen molar-refractivity contribution in [3.63, 3.8) is 0 Å². The minimum atomic E-state index is -0.137. The van der Waals surface area contributed by atoms with Gasteiger partial charge in [0, 0.05) is 17.8 Å². The second-order valence-corrected chi connectivity index (χ2v) is 7.98. The van der Waals surface area contributed by atoms with E-state index < -0.39 is 0 Å². The number of allylic oxidation sites excluding steroid dienone is 1. The molecule has 0 spiro atoms. The number of hydrogen-bond acceptors (Lipinski definition) is 4. The molecule has 0 aliphatic carbocycles. The third kappa shape index (κ3) is 4.00. The normalized spacial score (nSPS) is 16.7. The molecule has 1 aliphatic rings. The van der Waals surface area contributed by atoms with E-state index in [1.54, 1.807) is 0 Å². The minimum absolute atomic E-state index is 0.137. The summed E-state index contributed by atoms with van der Waals surface area (Å²) in [6.07, 6.45) is 2.16. The molecule has 1 atom stereocenters. The zero-order valence-electron chi connectivity index (χ0n) is 17.6. The quantitative estimate of drug-likeness (QED) is 0.533. The molecule has 0 amide bonds. The van der Waals surface area contributed by atoms with Crippen molar-refractivity contribution in [3.8, 4) is 11.4 Å². The van der Waals surface area contributed by atoms with Crippen LogP contribution in [0.2, 0.25) is 0 Å². The topological polar surface area (TPSA) is 54.2 Å². The van der Waals surface area contributed by atoms with Gasteiger partial charge in [-0.1, -0.05) is 72.6 Å². The molecule has 6 heteroatoms. The van der Waals surface area contributed by atoms with Crippen molar-refractivity contribution in [1.29, 1.82) is 0 Å². The molecule has 1 N–H and O–H groups in total. The number of thiocarbonyl (C=S) groups is 1. The van der Waals surface area contributed by atoms with Crippen molar-refractivity contribution in [3.05, 3.63) is 77.3 Å². The van der Waals surface area contributed by atoms with Crippen LogP contribution in [0, 0.1) is 6.92 Å². The van der Waals surface area contributed by atoms with Crippen LogP contribution in [0.4, 0.5) is 0 Å². The molecule has 0 fully saturated rings. The highest BCUT2D eigenvalue weighted by atomic mass is 32.1. The van der Waals surface area contributed by atoms with Gasteiger partial charge in [-0.25, -0.2) is 0 Å². The fraction of sp³-hybridized carbons (Fsp3) is 0.292. The summed E-state index contributed by atoms with van der Waals surface area (Å²) in [4.78, 5) is 6.91. The van der Waals surface area contributed by atoms with Gasteiger partial charge in [0.2, 0.25) is 5.82 Å². The molecule has 0 saturated carbocycles. The molecule has 2 heterocycles. The molecule has 5 nitrogen and oxygen atoms in total. The Kier molecular flexibility index (Phi) is 5.95. The van der Waals surface area contributed by atoms with Gasteiger partial charge in [-0.3, -0.25) is 0 Å². The third-order valence-electron chi connectivity index (χ3n) is 5.40. The minimum Gasteiger partial charge on any atom is -0.351 e. The maximum absolute atomic E-state index is 5.78. The number of aromatic nitrogens is 2. The molecule has 1 aromatic heterocycles. The molecule has 1 aliphatic heterocycles. The highest BCUT2D eigenvalue weighted by Crippen LogP contribution is 2.37. The average molecular weight is 419 g/mol. The zero-order valence-corrected chi connectivity index (χ0v) is 18.4. The lowest BCUT2D eigenvalue weighted by Crippen LogP contribution is -2.46. The molecular weight excluding hydrogens is 392 g/mol. The van der Waals surface area contributed by atoms with Crippen LogP contribution in [0.25, 0.3) is 17.0 Å². The van der Waals surface area contributed by atoms with E-state index in [4.69, 9.17) is 21.7 Å². The highest BCUT2D eigenvalue weighted by Gasteiger charge is 2.33. The number of aryl methyl sites for hydroxylation is 1. The van der Waals surface area contributed by atoms with Gasteiger partial charge < -0.3 is 14.7 Å². The van der Waals surface area contributed by atoms with Crippen LogP contribution < -0.4 is 5.32 Å². The standard InChI is InChI=1S/C24H26N4OS/c1-4-5-14-28-17(3)20(21(25-24(28)30)18-11-7-6-8-12-18)23-26-22(27-29-23)19-13-9-10-16(2)15-19/h6-13,15,21H,4-5,14H2,1-3H3,(H,25,30). The van der Waals surface area contributed by atoms with E-state index in [1.165, 1.54) is 0 Å². The first-order valence-electron chi connectivity index (χ1n) is 10.3. The van der Waals surface area contributed by atoms with Crippen LogP contribution >= 0.6 is 12.2 Å². The number of benzene rings is 2. The fourth-order valence-corrected chi connectivity index (χ4v) is 4.12. The lowest BCUT2D eigenvalue weighted by molar-refractivity contribution is 0.395. The zero-order chi connectivity index (χ0) is 21.1. The van der Waals surface area contributed by atoms with E-state index >= 15 is 0 Å². The van der Waals surface area contributed by atoms with Gasteiger partial charge in [0.1, 0.15) is 0 Å². The molecule has 3 aromatic rings. The maximum Gasteiger partial charge on any atom is 0.258 e. The smallest absolute Gasteiger partial charge is 0.258 e. The van der Waals surface area contributed by atoms with Crippen LogP contribution in [0.3, 0.4) is 0 Å². The summed E-state index contributed by atoms with van der Waals surface area (Å²) >= 11 is 5.71. The Morgan fingerprint density at radius 3 is 2.63 bits per heavy atom. The second kappa shape index (κ2) is 8.79. The number of nitrogens with zero attached hydrogens (tertiary/aromatic N) is 3. The number of unbranched alkanes of at least 4 members (excludes halogenated alkanes) is 1. The molecule has 154 valence electrons. The predicted molar refractivity (Wildman–Crippen MR) is 124 cm³/mol. The first kappa shape index (κ1) is 20.3. The third-order valence-corrected chi connectivity index (χ3v) is 5.74. The Balaban J connectivity index is 1.79. The lowest BCUT2D eigenvalue weighted by atomic mass is 9.95. The molecule has 30 heavy (non-hydrogen) atoms. The van der Waals surface area contributed by atoms with E-state index in [-0.39, 0.29) is 6.04 Å². The van der Waals surface area contributed by atoms with Crippen molar-refractivity contribution < 1.29 is 4.52 Å². The van der Waals surface area contributed by atoms with Crippen LogP contribution in [-0.4, -0.2) is 26.7 Å². The number of rotatable bonds is 6. The predicted octanol–water partition coefficient (Wildman–Crippen LogP) is 5.51. The van der Waals surface area contributed by atoms with Gasteiger partial charge in [-0.05, 0) is 44.1 Å². The van der Waals surface area contributed by atoms with Gasteiger partial charge >= 0.3 is 0 Å². The summed E-state index contributed by atoms with van der Waals surface area (Å²) in [6, 6.07) is 18.2. The molecule has 1 unspecified atom stereocenters. The van der Waals surface area contributed by atoms with E-state index in [9.17, 15) is 0 Å². The van der Waals surface area contributed by atoms with Crippen molar-refractivity contribution in [2.45, 2.75) is 39.7 Å². The molecule has 4 rings (SSSR count). The van der Waals surface area contributed by atoms with Crippen molar-refractivity contribution >= 4 is 22.9 Å². The first-order chi connectivity index (χ1) is 14.6. The van der Waals surface area contributed by atoms with Gasteiger partial charge in [0.15, 0.2) is 5.11 Å². The molecule has 0 saturated heterocycles. The van der Waals surface area contributed by atoms with Gasteiger partial charge in [-0.15, -0.1) is 0 Å². The van der Waals surface area contributed by atoms with Crippen LogP contribution in [0.1, 0.15) is 49.7 Å². The van der Waals surface area contributed by atoms with Crippen LogP contribution in [0.5, 0.6) is 0 Å². The van der Waals surface area contributed by atoms with Gasteiger partial charge in [0.25, 0.3) is 5.89 Å². The van der Waals surface area contributed by atoms with Crippen LogP contribution in [0.15, 0.2) is 64.8 Å². The summed E-state index contributed by atoms with van der Waals surface area (Å²) in [5.41, 5.74) is 5.24. The van der Waals surface area contributed by atoms with Crippen molar-refractivity contribution in [2.75, 3.05) is 6.54 Å². The molecule has 0 bridgehead atoms. The maximum atomic E-state index is 5.78. The van der Waals surface area contributed by atoms with Crippen LogP contribution in [-0.2, 0) is 0 Å². The average Bonchev–Trinajstić information content (AvgIpc) is 3.23. The summed E-state index contributed by atoms with van der Waals surface area (Å²) in [5, 5.41) is 8.51. The Hall–Kier alpha value is -2.99.